The third-order valence-corrected chi connectivity index (χ3v) is 5.48. The van der Waals surface area contributed by atoms with E-state index in [2.05, 4.69) is 15.9 Å². The van der Waals surface area contributed by atoms with Crippen LogP contribution in [0.3, 0.4) is 0 Å². The average Bonchev–Trinajstić information content (AvgIpc) is 2.99. The molecule has 2 aromatic rings. The minimum atomic E-state index is -0.713. The fraction of sp³-hybridized carbons (Fsp3) is 0.333. The summed E-state index contributed by atoms with van der Waals surface area (Å²) < 4.78 is 12.0. The molecule has 1 fully saturated rings. The van der Waals surface area contributed by atoms with Crippen LogP contribution in [-0.4, -0.2) is 47.6 Å². The zero-order chi connectivity index (χ0) is 22.5. The molecule has 1 aliphatic rings. The van der Waals surface area contributed by atoms with Crippen molar-refractivity contribution in [2.24, 2.45) is 0 Å². The summed E-state index contributed by atoms with van der Waals surface area (Å²) in [6, 6.07) is 13.4. The van der Waals surface area contributed by atoms with E-state index in [0.717, 1.165) is 4.47 Å². The van der Waals surface area contributed by atoms with E-state index < -0.39 is 17.7 Å². The van der Waals surface area contributed by atoms with Gasteiger partial charge in [0.15, 0.2) is 0 Å². The Labute approximate surface area is 190 Å². The van der Waals surface area contributed by atoms with E-state index in [1.54, 1.807) is 36.4 Å². The van der Waals surface area contributed by atoms with Gasteiger partial charge >= 0.3 is 0 Å². The molecule has 0 bridgehead atoms. The molecule has 3 rings (SSSR count). The van der Waals surface area contributed by atoms with Crippen molar-refractivity contribution in [1.82, 2.24) is 4.90 Å². The number of carbonyl (C=O) groups excluding carboxylic acids is 2. The van der Waals surface area contributed by atoms with Crippen LogP contribution in [0, 0.1) is 0 Å². The summed E-state index contributed by atoms with van der Waals surface area (Å²) in [6.07, 6.45) is 0.00325. The van der Waals surface area contributed by atoms with Gasteiger partial charge in [0.25, 0.3) is 11.7 Å². The number of halogens is 1. The number of carbonyl (C=O) groups is 2. The van der Waals surface area contributed by atoms with E-state index in [0.29, 0.717) is 23.5 Å². The van der Waals surface area contributed by atoms with E-state index in [1.807, 2.05) is 32.9 Å². The quantitative estimate of drug-likeness (QED) is 0.332. The third-order valence-electron chi connectivity index (χ3n) is 4.95. The van der Waals surface area contributed by atoms with Crippen molar-refractivity contribution in [3.05, 3.63) is 69.7 Å². The lowest BCUT2D eigenvalue weighted by atomic mass is 9.95. The van der Waals surface area contributed by atoms with Crippen LogP contribution < -0.4 is 4.74 Å². The Morgan fingerprint density at radius 2 is 1.74 bits per heavy atom. The number of hydrogen-bond acceptors (Lipinski definition) is 5. The van der Waals surface area contributed by atoms with Gasteiger partial charge < -0.3 is 19.5 Å². The number of ether oxygens (including phenoxy) is 2. The van der Waals surface area contributed by atoms with Crippen molar-refractivity contribution in [1.29, 1.82) is 0 Å². The van der Waals surface area contributed by atoms with E-state index in [4.69, 9.17) is 9.47 Å². The van der Waals surface area contributed by atoms with Gasteiger partial charge in [0, 0.05) is 16.6 Å². The molecular weight excluding hydrogens is 462 g/mol. The molecule has 1 amide bonds. The second-order valence-electron chi connectivity index (χ2n) is 7.42. The Balaban J connectivity index is 2.05. The summed E-state index contributed by atoms with van der Waals surface area (Å²) >= 11 is 3.36. The highest BCUT2D eigenvalue weighted by Crippen LogP contribution is 2.39. The lowest BCUT2D eigenvalue weighted by Crippen LogP contribution is -2.33. The van der Waals surface area contributed by atoms with E-state index in [-0.39, 0.29) is 30.6 Å². The number of ketones is 1. The highest BCUT2D eigenvalue weighted by Gasteiger charge is 2.45. The van der Waals surface area contributed by atoms with Gasteiger partial charge in [-0.2, -0.15) is 0 Å². The number of rotatable bonds is 8. The molecule has 1 saturated heterocycles. The van der Waals surface area contributed by atoms with Gasteiger partial charge in [0.2, 0.25) is 0 Å². The van der Waals surface area contributed by atoms with Crippen LogP contribution in [0.4, 0.5) is 0 Å². The summed E-state index contributed by atoms with van der Waals surface area (Å²) in [4.78, 5) is 27.3. The predicted octanol–water partition coefficient (Wildman–Crippen LogP) is 4.69. The SMILES string of the molecule is CCOc1ccc(C2/C(=C(/O)c3ccc(Br)cc3)C(=O)C(=O)N2CCOC(C)C)cc1. The van der Waals surface area contributed by atoms with Crippen LogP contribution in [0.25, 0.3) is 5.76 Å². The van der Waals surface area contributed by atoms with Crippen LogP contribution in [0.2, 0.25) is 0 Å². The van der Waals surface area contributed by atoms with Crippen molar-refractivity contribution < 1.29 is 24.2 Å². The van der Waals surface area contributed by atoms with Crippen LogP contribution in [0.1, 0.15) is 37.9 Å². The number of benzene rings is 2. The molecule has 0 radical (unpaired) electrons. The van der Waals surface area contributed by atoms with E-state index >= 15 is 0 Å². The summed E-state index contributed by atoms with van der Waals surface area (Å²) in [7, 11) is 0. The minimum Gasteiger partial charge on any atom is -0.507 e. The minimum absolute atomic E-state index is 0.00325. The molecular formula is C24H26BrNO5. The van der Waals surface area contributed by atoms with Crippen LogP contribution >= 0.6 is 15.9 Å². The molecule has 6 nitrogen and oxygen atoms in total. The highest BCUT2D eigenvalue weighted by molar-refractivity contribution is 9.10. The maximum atomic E-state index is 13.0. The van der Waals surface area contributed by atoms with Crippen LogP contribution in [-0.2, 0) is 14.3 Å². The van der Waals surface area contributed by atoms with Crippen molar-refractivity contribution in [3.63, 3.8) is 0 Å². The first-order valence-corrected chi connectivity index (χ1v) is 11.0. The molecule has 0 saturated carbocycles. The molecule has 1 heterocycles. The normalized spacial score (nSPS) is 18.1. The monoisotopic (exact) mass is 487 g/mol. The van der Waals surface area contributed by atoms with Crippen LogP contribution in [0.15, 0.2) is 58.6 Å². The average molecular weight is 488 g/mol. The Morgan fingerprint density at radius 1 is 1.10 bits per heavy atom. The number of aliphatic hydroxyl groups excluding tert-OH is 1. The summed E-state index contributed by atoms with van der Waals surface area (Å²) in [5, 5.41) is 11.0. The van der Waals surface area contributed by atoms with Crippen molar-refractivity contribution >= 4 is 33.4 Å². The lowest BCUT2D eigenvalue weighted by molar-refractivity contribution is -0.140. The predicted molar refractivity (Wildman–Crippen MR) is 122 cm³/mol. The summed E-state index contributed by atoms with van der Waals surface area (Å²) in [6.45, 7) is 6.77. The fourth-order valence-corrected chi connectivity index (χ4v) is 3.78. The highest BCUT2D eigenvalue weighted by atomic mass is 79.9. The standard InChI is InChI=1S/C24H26BrNO5/c1-4-30-19-11-7-16(8-12-19)21-20(22(27)17-5-9-18(25)10-6-17)23(28)24(29)26(21)13-14-31-15(2)3/h5-12,15,21,27H,4,13-14H2,1-3H3/b22-20-. The number of likely N-dealkylation sites (tertiary alicyclic amines) is 1. The number of nitrogens with zero attached hydrogens (tertiary/aromatic N) is 1. The number of amides is 1. The molecule has 0 aliphatic carbocycles. The second-order valence-corrected chi connectivity index (χ2v) is 8.34. The molecule has 2 aromatic carbocycles. The Morgan fingerprint density at radius 3 is 2.32 bits per heavy atom. The maximum absolute atomic E-state index is 13.0. The van der Waals surface area contributed by atoms with Gasteiger partial charge in [-0.25, -0.2) is 0 Å². The molecule has 31 heavy (non-hydrogen) atoms. The number of aliphatic hydroxyl groups is 1. The largest absolute Gasteiger partial charge is 0.507 e. The van der Waals surface area contributed by atoms with Gasteiger partial charge in [-0.05, 0) is 50.6 Å². The van der Waals surface area contributed by atoms with Gasteiger partial charge in [-0.15, -0.1) is 0 Å². The molecule has 1 N–H and O–H groups in total. The Kier molecular flexibility index (Phi) is 7.51. The summed E-state index contributed by atoms with van der Waals surface area (Å²) in [5.74, 6) is -0.856. The summed E-state index contributed by atoms with van der Waals surface area (Å²) in [5.41, 5.74) is 1.25. The molecule has 1 unspecified atom stereocenters. The first-order chi connectivity index (χ1) is 14.8. The van der Waals surface area contributed by atoms with Gasteiger partial charge in [-0.1, -0.05) is 40.2 Å². The molecule has 1 aliphatic heterocycles. The smallest absolute Gasteiger partial charge is 0.295 e. The topological polar surface area (TPSA) is 76.1 Å². The Hall–Kier alpha value is -2.64. The van der Waals surface area contributed by atoms with Crippen LogP contribution in [0.5, 0.6) is 5.75 Å². The third kappa shape index (κ3) is 5.17. The Bertz CT molecular complexity index is 966. The van der Waals surface area contributed by atoms with E-state index in [9.17, 15) is 14.7 Å². The zero-order valence-corrected chi connectivity index (χ0v) is 19.4. The molecule has 0 aromatic heterocycles. The molecule has 1 atom stereocenters. The zero-order valence-electron chi connectivity index (χ0n) is 17.8. The maximum Gasteiger partial charge on any atom is 0.295 e. The molecule has 0 spiro atoms. The lowest BCUT2D eigenvalue weighted by Gasteiger charge is -2.25. The first-order valence-electron chi connectivity index (χ1n) is 10.2. The molecule has 7 heteroatoms. The number of Topliss-reactive ketones (excluding diaryl/α,β-unsaturated/α-hetero) is 1. The first kappa shape index (κ1) is 23.0. The van der Waals surface area contributed by atoms with Gasteiger partial charge in [0.05, 0.1) is 30.9 Å². The van der Waals surface area contributed by atoms with Crippen molar-refractivity contribution in [3.8, 4) is 5.75 Å². The fourth-order valence-electron chi connectivity index (χ4n) is 3.52. The van der Waals surface area contributed by atoms with Gasteiger partial charge in [-0.3, -0.25) is 9.59 Å². The van der Waals surface area contributed by atoms with E-state index in [1.165, 1.54) is 4.90 Å². The van der Waals surface area contributed by atoms with Crippen molar-refractivity contribution in [2.45, 2.75) is 32.9 Å². The molecule has 164 valence electrons. The second kappa shape index (κ2) is 10.1. The van der Waals surface area contributed by atoms with Gasteiger partial charge in [0.1, 0.15) is 11.5 Å². The number of hydrogen-bond donors (Lipinski definition) is 1. The van der Waals surface area contributed by atoms with Crippen molar-refractivity contribution in [2.75, 3.05) is 19.8 Å².